The molecule has 4 rings (SSSR count). The molecule has 1 aromatic heterocycles. The van der Waals surface area contributed by atoms with Gasteiger partial charge in [-0.15, -0.1) is 11.3 Å². The third-order valence-electron chi connectivity index (χ3n) is 4.28. The fourth-order valence-corrected chi connectivity index (χ4v) is 4.24. The van der Waals surface area contributed by atoms with Crippen LogP contribution in [0.4, 0.5) is 11.4 Å². The molecule has 0 aliphatic carbocycles. The van der Waals surface area contributed by atoms with Crippen molar-refractivity contribution in [1.29, 1.82) is 0 Å². The fourth-order valence-electron chi connectivity index (χ4n) is 3.00. The molecule has 0 saturated heterocycles. The predicted molar refractivity (Wildman–Crippen MR) is 114 cm³/mol. The molecule has 3 aromatic rings. The Morgan fingerprint density at radius 1 is 1.21 bits per heavy atom. The second-order valence-corrected chi connectivity index (χ2v) is 7.96. The van der Waals surface area contributed by atoms with Crippen LogP contribution in [-0.2, 0) is 11.3 Å². The van der Waals surface area contributed by atoms with Gasteiger partial charge in [0, 0.05) is 17.5 Å². The minimum absolute atomic E-state index is 0.0489. The monoisotopic (exact) mass is 433 g/mol. The molecule has 0 spiro atoms. The van der Waals surface area contributed by atoms with E-state index in [4.69, 9.17) is 32.9 Å². The zero-order valence-corrected chi connectivity index (χ0v) is 17.4. The number of nitrogens with zero attached hydrogens (tertiary/aromatic N) is 2. The average Bonchev–Trinajstić information content (AvgIpc) is 3.07. The molecule has 1 aliphatic rings. The Morgan fingerprint density at radius 3 is 2.86 bits per heavy atom. The van der Waals surface area contributed by atoms with Gasteiger partial charge in [0.2, 0.25) is 0 Å². The quantitative estimate of drug-likeness (QED) is 0.590. The molecule has 2 heterocycles. The van der Waals surface area contributed by atoms with E-state index in [2.05, 4.69) is 22.2 Å². The van der Waals surface area contributed by atoms with Gasteiger partial charge < -0.3 is 14.6 Å². The van der Waals surface area contributed by atoms with Crippen molar-refractivity contribution in [2.75, 3.05) is 11.9 Å². The van der Waals surface area contributed by atoms with Gasteiger partial charge in [0.15, 0.2) is 11.4 Å². The number of carbonyl (C=O) groups is 1. The summed E-state index contributed by atoms with van der Waals surface area (Å²) in [5.74, 6) is 0.535. The number of hydrogen-bond acceptors (Lipinski definition) is 4. The molecule has 144 valence electrons. The lowest BCUT2D eigenvalue weighted by atomic mass is 10.1. The highest BCUT2D eigenvalue weighted by molar-refractivity contribution is 7.07. The summed E-state index contributed by atoms with van der Waals surface area (Å²) in [7, 11) is 0. The van der Waals surface area contributed by atoms with Crippen molar-refractivity contribution < 1.29 is 9.53 Å². The van der Waals surface area contributed by atoms with Crippen LogP contribution < -0.4 is 14.9 Å². The van der Waals surface area contributed by atoms with Crippen LogP contribution in [0, 0.1) is 0 Å². The Balaban J connectivity index is 1.79. The van der Waals surface area contributed by atoms with Gasteiger partial charge in [-0.05, 0) is 42.8 Å². The first kappa shape index (κ1) is 19.1. The number of aromatic nitrogens is 1. The molecule has 0 unspecified atom stereocenters. The molecule has 28 heavy (non-hydrogen) atoms. The molecule has 2 aromatic carbocycles. The van der Waals surface area contributed by atoms with E-state index in [9.17, 15) is 4.79 Å². The lowest BCUT2D eigenvalue weighted by Gasteiger charge is -2.18. The first-order valence-corrected chi connectivity index (χ1v) is 10.4. The highest BCUT2D eigenvalue weighted by atomic mass is 35.5. The summed E-state index contributed by atoms with van der Waals surface area (Å²) >= 11 is 13.7. The van der Waals surface area contributed by atoms with Gasteiger partial charge in [0.25, 0.3) is 5.91 Å². The van der Waals surface area contributed by atoms with E-state index in [-0.39, 0.29) is 12.5 Å². The summed E-state index contributed by atoms with van der Waals surface area (Å²) in [6, 6.07) is 11.2. The van der Waals surface area contributed by atoms with E-state index >= 15 is 0 Å². The number of halogens is 2. The van der Waals surface area contributed by atoms with Gasteiger partial charge in [-0.25, -0.2) is 4.99 Å². The summed E-state index contributed by atoms with van der Waals surface area (Å²) < 4.78 is 7.62. The molecular weight excluding hydrogens is 417 g/mol. The Hall–Kier alpha value is -2.28. The third-order valence-corrected chi connectivity index (χ3v) is 5.88. The highest BCUT2D eigenvalue weighted by Gasteiger charge is 2.17. The minimum atomic E-state index is -0.147. The summed E-state index contributed by atoms with van der Waals surface area (Å²) in [4.78, 5) is 17.2. The van der Waals surface area contributed by atoms with Crippen molar-refractivity contribution in [2.24, 2.45) is 4.99 Å². The fraction of sp³-hybridized carbons (Fsp3) is 0.200. The SMILES string of the molecule is CCCn1c(-c2ccc3c(c2)NC(=O)CO3)csc1=Nc1ccc(Cl)c(Cl)c1. The zero-order valence-electron chi connectivity index (χ0n) is 15.0. The maximum absolute atomic E-state index is 11.6. The summed E-state index contributed by atoms with van der Waals surface area (Å²) in [6.07, 6.45) is 0.961. The van der Waals surface area contributed by atoms with Crippen LogP contribution in [-0.4, -0.2) is 17.1 Å². The van der Waals surface area contributed by atoms with Gasteiger partial charge in [0.1, 0.15) is 5.75 Å². The van der Waals surface area contributed by atoms with Crippen LogP contribution in [0.3, 0.4) is 0 Å². The van der Waals surface area contributed by atoms with E-state index in [1.54, 1.807) is 23.5 Å². The van der Waals surface area contributed by atoms with Crippen LogP contribution in [0.5, 0.6) is 5.75 Å². The van der Waals surface area contributed by atoms with Gasteiger partial charge in [-0.3, -0.25) is 4.79 Å². The zero-order chi connectivity index (χ0) is 19.7. The Kier molecular flexibility index (Phi) is 5.44. The molecule has 8 heteroatoms. The standard InChI is InChI=1S/C20H17Cl2N3O2S/c1-2-7-25-17(12-3-6-18-16(8-12)24-19(26)10-27-18)11-28-20(25)23-13-4-5-14(21)15(22)9-13/h3-6,8-9,11H,2,7,10H2,1H3,(H,24,26). The minimum Gasteiger partial charge on any atom is -0.482 e. The lowest BCUT2D eigenvalue weighted by molar-refractivity contribution is -0.118. The van der Waals surface area contributed by atoms with Crippen LogP contribution >= 0.6 is 34.5 Å². The molecule has 1 aliphatic heterocycles. The first-order valence-electron chi connectivity index (χ1n) is 8.80. The van der Waals surface area contributed by atoms with Crippen LogP contribution in [0.25, 0.3) is 11.3 Å². The topological polar surface area (TPSA) is 55.6 Å². The Labute approximate surface area is 176 Å². The second kappa shape index (κ2) is 7.99. The molecule has 0 fully saturated rings. The van der Waals surface area contributed by atoms with Crippen LogP contribution in [0.2, 0.25) is 10.0 Å². The predicted octanol–water partition coefficient (Wildman–Crippen LogP) is 5.50. The lowest BCUT2D eigenvalue weighted by Crippen LogP contribution is -2.25. The van der Waals surface area contributed by atoms with E-state index in [1.807, 2.05) is 24.3 Å². The smallest absolute Gasteiger partial charge is 0.262 e. The average molecular weight is 434 g/mol. The second-order valence-electron chi connectivity index (χ2n) is 6.31. The van der Waals surface area contributed by atoms with Crippen molar-refractivity contribution >= 4 is 51.8 Å². The molecule has 0 atom stereocenters. The van der Waals surface area contributed by atoms with Crippen LogP contribution in [0.1, 0.15) is 13.3 Å². The maximum Gasteiger partial charge on any atom is 0.262 e. The van der Waals surface area contributed by atoms with Gasteiger partial charge >= 0.3 is 0 Å². The number of hydrogen-bond donors (Lipinski definition) is 1. The normalized spacial score (nSPS) is 13.8. The number of benzene rings is 2. The Morgan fingerprint density at radius 2 is 2.07 bits per heavy atom. The molecule has 0 radical (unpaired) electrons. The van der Waals surface area contributed by atoms with Crippen molar-refractivity contribution in [2.45, 2.75) is 19.9 Å². The Bertz CT molecular complexity index is 1120. The molecule has 5 nitrogen and oxygen atoms in total. The van der Waals surface area contributed by atoms with Crippen molar-refractivity contribution in [3.63, 3.8) is 0 Å². The number of anilines is 1. The largest absolute Gasteiger partial charge is 0.482 e. The highest BCUT2D eigenvalue weighted by Crippen LogP contribution is 2.33. The number of thiazole rings is 1. The number of fused-ring (bicyclic) bond motifs is 1. The van der Waals surface area contributed by atoms with Gasteiger partial charge in [-0.1, -0.05) is 30.1 Å². The summed E-state index contributed by atoms with van der Waals surface area (Å²) in [5.41, 5.74) is 3.46. The number of nitrogens with one attached hydrogen (secondary N) is 1. The van der Waals surface area contributed by atoms with Gasteiger partial charge in [-0.2, -0.15) is 0 Å². The molecular formula is C20H17Cl2N3O2S. The molecule has 0 bridgehead atoms. The maximum atomic E-state index is 11.6. The third kappa shape index (κ3) is 3.81. The number of rotatable bonds is 4. The molecule has 0 saturated carbocycles. The summed E-state index contributed by atoms with van der Waals surface area (Å²) in [5, 5.41) is 5.91. The molecule has 1 amide bonds. The van der Waals surface area contributed by atoms with Crippen molar-refractivity contribution in [3.8, 4) is 17.0 Å². The molecule has 1 N–H and O–H groups in total. The number of ether oxygens (including phenoxy) is 1. The number of amides is 1. The van der Waals surface area contributed by atoms with Gasteiger partial charge in [0.05, 0.1) is 27.1 Å². The number of carbonyl (C=O) groups excluding carboxylic acids is 1. The van der Waals surface area contributed by atoms with E-state index in [0.717, 1.165) is 34.7 Å². The van der Waals surface area contributed by atoms with Crippen molar-refractivity contribution in [3.05, 3.63) is 56.6 Å². The van der Waals surface area contributed by atoms with E-state index < -0.39 is 0 Å². The van der Waals surface area contributed by atoms with E-state index in [0.29, 0.717) is 21.5 Å². The summed E-state index contributed by atoms with van der Waals surface area (Å²) in [6.45, 7) is 2.99. The first-order chi connectivity index (χ1) is 13.5. The van der Waals surface area contributed by atoms with Crippen molar-refractivity contribution in [1.82, 2.24) is 4.57 Å². The van der Waals surface area contributed by atoms with E-state index in [1.165, 1.54) is 0 Å². The van der Waals surface area contributed by atoms with Crippen LogP contribution in [0.15, 0.2) is 46.8 Å².